The summed E-state index contributed by atoms with van der Waals surface area (Å²) in [5.41, 5.74) is 1.09. The Balaban J connectivity index is 1.97. The fourth-order valence-corrected chi connectivity index (χ4v) is 2.55. The maximum atomic E-state index is 5.75. The van der Waals surface area contributed by atoms with Gasteiger partial charge in [0.15, 0.2) is 0 Å². The van der Waals surface area contributed by atoms with Gasteiger partial charge in [0.25, 0.3) is 0 Å². The standard InChI is InChI=1S/C14H19N3OS/c1-11-13(18-10-4-9-17(2)3)16-14(19-11)12-5-7-15-8-6-12/h5-8H,4,9-10H2,1-3H3. The van der Waals surface area contributed by atoms with Gasteiger partial charge >= 0.3 is 0 Å². The van der Waals surface area contributed by atoms with Crippen LogP contribution in [0.15, 0.2) is 24.5 Å². The second kappa shape index (κ2) is 6.63. The maximum absolute atomic E-state index is 5.75. The molecule has 0 aliphatic rings. The number of hydrogen-bond acceptors (Lipinski definition) is 5. The Hall–Kier alpha value is -1.46. The molecule has 0 radical (unpaired) electrons. The predicted octanol–water partition coefficient (Wildman–Crippen LogP) is 2.84. The third-order valence-corrected chi connectivity index (χ3v) is 3.67. The summed E-state index contributed by atoms with van der Waals surface area (Å²) >= 11 is 1.66. The van der Waals surface area contributed by atoms with E-state index in [0.717, 1.165) is 34.3 Å². The van der Waals surface area contributed by atoms with E-state index in [1.54, 1.807) is 23.7 Å². The number of aryl methyl sites for hydroxylation is 1. The molecule has 0 aliphatic heterocycles. The van der Waals surface area contributed by atoms with E-state index in [2.05, 4.69) is 29.0 Å². The Morgan fingerprint density at radius 2 is 2.00 bits per heavy atom. The van der Waals surface area contributed by atoms with E-state index < -0.39 is 0 Å². The van der Waals surface area contributed by atoms with E-state index in [9.17, 15) is 0 Å². The molecular weight excluding hydrogens is 258 g/mol. The van der Waals surface area contributed by atoms with Crippen molar-refractivity contribution in [2.24, 2.45) is 0 Å². The van der Waals surface area contributed by atoms with Crippen molar-refractivity contribution in [1.82, 2.24) is 14.9 Å². The third-order valence-electron chi connectivity index (χ3n) is 2.67. The normalized spacial score (nSPS) is 10.9. The summed E-state index contributed by atoms with van der Waals surface area (Å²) in [6.07, 6.45) is 4.57. The Kier molecular flexibility index (Phi) is 4.87. The maximum Gasteiger partial charge on any atom is 0.227 e. The molecule has 0 unspecified atom stereocenters. The molecule has 0 spiro atoms. The summed E-state index contributed by atoms with van der Waals surface area (Å²) in [6, 6.07) is 3.93. The molecule has 2 rings (SSSR count). The quantitative estimate of drug-likeness (QED) is 0.761. The molecule has 0 saturated heterocycles. The van der Waals surface area contributed by atoms with Gasteiger partial charge in [0.05, 0.1) is 11.5 Å². The average molecular weight is 277 g/mol. The molecule has 0 fully saturated rings. The van der Waals surface area contributed by atoms with Crippen LogP contribution in [0.4, 0.5) is 0 Å². The van der Waals surface area contributed by atoms with E-state index in [4.69, 9.17) is 4.74 Å². The molecular formula is C14H19N3OS. The van der Waals surface area contributed by atoms with Crippen molar-refractivity contribution in [3.05, 3.63) is 29.4 Å². The highest BCUT2D eigenvalue weighted by Gasteiger charge is 2.10. The summed E-state index contributed by atoms with van der Waals surface area (Å²) in [5.74, 6) is 0.760. The van der Waals surface area contributed by atoms with Gasteiger partial charge in [-0.2, -0.15) is 0 Å². The van der Waals surface area contributed by atoms with Crippen LogP contribution in [0.2, 0.25) is 0 Å². The van der Waals surface area contributed by atoms with E-state index in [1.165, 1.54) is 0 Å². The van der Waals surface area contributed by atoms with Crippen molar-refractivity contribution < 1.29 is 4.74 Å². The van der Waals surface area contributed by atoms with Crippen LogP contribution in [0.5, 0.6) is 5.88 Å². The first-order valence-electron chi connectivity index (χ1n) is 6.32. The van der Waals surface area contributed by atoms with Gasteiger partial charge in [0, 0.05) is 24.5 Å². The molecule has 102 valence electrons. The van der Waals surface area contributed by atoms with Gasteiger partial charge in [-0.15, -0.1) is 11.3 Å². The van der Waals surface area contributed by atoms with Gasteiger partial charge in [-0.1, -0.05) is 0 Å². The molecule has 4 nitrogen and oxygen atoms in total. The summed E-state index contributed by atoms with van der Waals surface area (Å²) in [6.45, 7) is 3.78. The van der Waals surface area contributed by atoms with Crippen LogP contribution in [0, 0.1) is 6.92 Å². The second-order valence-corrected chi connectivity index (χ2v) is 5.82. The number of rotatable bonds is 6. The molecule has 0 bridgehead atoms. The molecule has 0 atom stereocenters. The zero-order valence-electron chi connectivity index (χ0n) is 11.6. The first kappa shape index (κ1) is 14.0. The van der Waals surface area contributed by atoms with Gasteiger partial charge in [-0.3, -0.25) is 4.98 Å². The second-order valence-electron chi connectivity index (χ2n) is 4.62. The number of aromatic nitrogens is 2. The lowest BCUT2D eigenvalue weighted by Gasteiger charge is -2.09. The highest BCUT2D eigenvalue weighted by Crippen LogP contribution is 2.31. The molecule has 0 saturated carbocycles. The minimum Gasteiger partial charge on any atom is -0.477 e. The van der Waals surface area contributed by atoms with Crippen molar-refractivity contribution >= 4 is 11.3 Å². The van der Waals surface area contributed by atoms with Crippen LogP contribution in [-0.2, 0) is 0 Å². The number of ether oxygens (including phenoxy) is 1. The van der Waals surface area contributed by atoms with Gasteiger partial charge in [-0.05, 0) is 39.6 Å². The molecule has 2 aromatic heterocycles. The fraction of sp³-hybridized carbons (Fsp3) is 0.429. The highest BCUT2D eigenvalue weighted by atomic mass is 32.1. The molecule has 2 heterocycles. The predicted molar refractivity (Wildman–Crippen MR) is 78.7 cm³/mol. The summed E-state index contributed by atoms with van der Waals surface area (Å²) in [5, 5.41) is 0.988. The lowest BCUT2D eigenvalue weighted by Crippen LogP contribution is -2.15. The molecule has 5 heteroatoms. The molecule has 0 N–H and O–H groups in total. The number of pyridine rings is 1. The largest absolute Gasteiger partial charge is 0.477 e. The molecule has 2 aromatic rings. The van der Waals surface area contributed by atoms with Crippen LogP contribution in [0.3, 0.4) is 0 Å². The lowest BCUT2D eigenvalue weighted by atomic mass is 10.3. The van der Waals surface area contributed by atoms with Crippen molar-refractivity contribution in [1.29, 1.82) is 0 Å². The summed E-state index contributed by atoms with van der Waals surface area (Å²) < 4.78 is 5.75. The topological polar surface area (TPSA) is 38.3 Å². The molecule has 0 aromatic carbocycles. The lowest BCUT2D eigenvalue weighted by molar-refractivity contribution is 0.273. The Morgan fingerprint density at radius 3 is 2.68 bits per heavy atom. The number of thiazole rings is 1. The van der Waals surface area contributed by atoms with Crippen LogP contribution in [0.25, 0.3) is 10.6 Å². The minimum atomic E-state index is 0.707. The molecule has 0 amide bonds. The van der Waals surface area contributed by atoms with Crippen LogP contribution in [0.1, 0.15) is 11.3 Å². The van der Waals surface area contributed by atoms with E-state index in [-0.39, 0.29) is 0 Å². The Morgan fingerprint density at radius 1 is 1.26 bits per heavy atom. The van der Waals surface area contributed by atoms with E-state index in [1.807, 2.05) is 19.1 Å². The zero-order chi connectivity index (χ0) is 13.7. The van der Waals surface area contributed by atoms with Gasteiger partial charge in [0.2, 0.25) is 5.88 Å². The fourth-order valence-electron chi connectivity index (χ4n) is 1.68. The molecule has 0 aliphatic carbocycles. The van der Waals surface area contributed by atoms with Crippen LogP contribution >= 0.6 is 11.3 Å². The Bertz CT molecular complexity index is 511. The van der Waals surface area contributed by atoms with Crippen LogP contribution < -0.4 is 4.74 Å². The van der Waals surface area contributed by atoms with Gasteiger partial charge in [-0.25, -0.2) is 4.98 Å². The highest BCUT2D eigenvalue weighted by molar-refractivity contribution is 7.15. The van der Waals surface area contributed by atoms with E-state index in [0.29, 0.717) is 6.61 Å². The number of nitrogens with zero attached hydrogens (tertiary/aromatic N) is 3. The van der Waals surface area contributed by atoms with E-state index >= 15 is 0 Å². The monoisotopic (exact) mass is 277 g/mol. The number of hydrogen-bond donors (Lipinski definition) is 0. The van der Waals surface area contributed by atoms with Gasteiger partial charge < -0.3 is 9.64 Å². The van der Waals surface area contributed by atoms with Crippen molar-refractivity contribution in [3.63, 3.8) is 0 Å². The van der Waals surface area contributed by atoms with Crippen molar-refractivity contribution in [2.75, 3.05) is 27.2 Å². The third kappa shape index (κ3) is 4.01. The summed E-state index contributed by atoms with van der Waals surface area (Å²) in [4.78, 5) is 11.8. The zero-order valence-corrected chi connectivity index (χ0v) is 12.4. The van der Waals surface area contributed by atoms with Crippen molar-refractivity contribution in [3.8, 4) is 16.5 Å². The summed E-state index contributed by atoms with van der Waals surface area (Å²) in [7, 11) is 4.13. The molecule has 19 heavy (non-hydrogen) atoms. The average Bonchev–Trinajstić information content (AvgIpc) is 2.77. The van der Waals surface area contributed by atoms with Crippen LogP contribution in [-0.4, -0.2) is 42.1 Å². The first-order valence-corrected chi connectivity index (χ1v) is 7.14. The SMILES string of the molecule is Cc1sc(-c2ccncc2)nc1OCCCN(C)C. The Labute approximate surface area is 118 Å². The minimum absolute atomic E-state index is 0.707. The first-order chi connectivity index (χ1) is 9.16. The smallest absolute Gasteiger partial charge is 0.227 e. The van der Waals surface area contributed by atoms with Gasteiger partial charge in [0.1, 0.15) is 5.01 Å². The van der Waals surface area contributed by atoms with Crippen molar-refractivity contribution in [2.45, 2.75) is 13.3 Å².